The number of carbonyl (C=O) groups is 1. The van der Waals surface area contributed by atoms with Crippen molar-refractivity contribution in [1.82, 2.24) is 9.55 Å². The standard InChI is InChI=1S/C26H32BrN3O2/c1-16-12-21(27)13-17(2)25(16)30-15-18(3)24-22(14-19(4)28-26(24)30)29-10-8-20(9-11-29)6-5-7-23(31)32/h12-15,20H,5-11H2,1-4H3,(H,31,32). The number of hydrogen-bond acceptors (Lipinski definition) is 3. The summed E-state index contributed by atoms with van der Waals surface area (Å²) in [6, 6.07) is 6.55. The van der Waals surface area contributed by atoms with Gasteiger partial charge in [0.15, 0.2) is 0 Å². The van der Waals surface area contributed by atoms with Crippen LogP contribution in [-0.4, -0.2) is 33.7 Å². The lowest BCUT2D eigenvalue weighted by Crippen LogP contribution is -2.34. The number of aryl methyl sites for hydroxylation is 4. The minimum atomic E-state index is -0.687. The number of piperidine rings is 1. The zero-order valence-corrected chi connectivity index (χ0v) is 21.0. The highest BCUT2D eigenvalue weighted by atomic mass is 79.9. The molecule has 4 rings (SSSR count). The Bertz CT molecular complexity index is 1140. The minimum Gasteiger partial charge on any atom is -0.481 e. The maximum Gasteiger partial charge on any atom is 0.303 e. The number of benzene rings is 1. The zero-order chi connectivity index (χ0) is 23.0. The maximum absolute atomic E-state index is 10.8. The summed E-state index contributed by atoms with van der Waals surface area (Å²) in [6.07, 6.45) is 6.55. The molecule has 0 unspecified atom stereocenters. The molecule has 2 aromatic heterocycles. The smallest absolute Gasteiger partial charge is 0.303 e. The van der Waals surface area contributed by atoms with Gasteiger partial charge in [-0.05, 0) is 94.2 Å². The number of carboxylic acid groups (broad SMARTS) is 1. The zero-order valence-electron chi connectivity index (χ0n) is 19.4. The highest BCUT2D eigenvalue weighted by Gasteiger charge is 2.24. The fourth-order valence-electron chi connectivity index (χ4n) is 5.22. The molecule has 1 aromatic carbocycles. The van der Waals surface area contributed by atoms with Gasteiger partial charge in [-0.3, -0.25) is 4.79 Å². The number of halogens is 1. The predicted molar refractivity (Wildman–Crippen MR) is 134 cm³/mol. The van der Waals surface area contributed by atoms with Crippen molar-refractivity contribution >= 4 is 38.6 Å². The third kappa shape index (κ3) is 4.56. The topological polar surface area (TPSA) is 58.4 Å². The Morgan fingerprint density at radius 1 is 1.09 bits per heavy atom. The summed E-state index contributed by atoms with van der Waals surface area (Å²) in [5.41, 5.74) is 8.22. The van der Waals surface area contributed by atoms with E-state index < -0.39 is 5.97 Å². The summed E-state index contributed by atoms with van der Waals surface area (Å²) in [6.45, 7) is 10.6. The molecule has 5 nitrogen and oxygen atoms in total. The van der Waals surface area contributed by atoms with Gasteiger partial charge in [0.2, 0.25) is 0 Å². The fourth-order valence-corrected chi connectivity index (χ4v) is 5.91. The molecule has 1 saturated heterocycles. The highest BCUT2D eigenvalue weighted by molar-refractivity contribution is 9.10. The van der Waals surface area contributed by atoms with Crippen LogP contribution in [0.3, 0.4) is 0 Å². The summed E-state index contributed by atoms with van der Waals surface area (Å²) in [5.74, 6) is -0.0592. The first-order valence-electron chi connectivity index (χ1n) is 11.5. The summed E-state index contributed by atoms with van der Waals surface area (Å²) < 4.78 is 3.36. The van der Waals surface area contributed by atoms with Crippen LogP contribution in [0.25, 0.3) is 16.7 Å². The van der Waals surface area contributed by atoms with Crippen molar-refractivity contribution in [2.75, 3.05) is 18.0 Å². The van der Waals surface area contributed by atoms with E-state index in [2.05, 4.69) is 77.5 Å². The highest BCUT2D eigenvalue weighted by Crippen LogP contribution is 2.37. The predicted octanol–water partition coefficient (Wildman–Crippen LogP) is 6.49. The summed E-state index contributed by atoms with van der Waals surface area (Å²) in [7, 11) is 0. The Hall–Kier alpha value is -2.34. The largest absolute Gasteiger partial charge is 0.481 e. The van der Waals surface area contributed by atoms with E-state index in [-0.39, 0.29) is 6.42 Å². The molecule has 0 saturated carbocycles. The van der Waals surface area contributed by atoms with Gasteiger partial charge in [-0.2, -0.15) is 0 Å². The van der Waals surface area contributed by atoms with Gasteiger partial charge in [-0.1, -0.05) is 15.9 Å². The number of aromatic nitrogens is 2. The van der Waals surface area contributed by atoms with Crippen molar-refractivity contribution in [2.45, 2.75) is 59.8 Å². The minimum absolute atomic E-state index is 0.284. The number of carboxylic acids is 1. The van der Waals surface area contributed by atoms with Crippen molar-refractivity contribution in [3.05, 3.63) is 51.3 Å². The summed E-state index contributed by atoms with van der Waals surface area (Å²) in [4.78, 5) is 18.3. The first-order valence-corrected chi connectivity index (χ1v) is 12.3. The van der Waals surface area contributed by atoms with Gasteiger partial charge < -0.3 is 14.6 Å². The lowest BCUT2D eigenvalue weighted by atomic mass is 9.91. The Labute approximate surface area is 198 Å². The van der Waals surface area contributed by atoms with E-state index >= 15 is 0 Å². The van der Waals surface area contributed by atoms with E-state index in [9.17, 15) is 4.79 Å². The van der Waals surface area contributed by atoms with Crippen LogP contribution >= 0.6 is 15.9 Å². The van der Waals surface area contributed by atoms with Crippen molar-refractivity contribution in [1.29, 1.82) is 0 Å². The van der Waals surface area contributed by atoms with E-state index in [1.54, 1.807) is 0 Å². The van der Waals surface area contributed by atoms with Gasteiger partial charge in [0.1, 0.15) is 5.65 Å². The Kier molecular flexibility index (Phi) is 6.61. The normalized spacial score (nSPS) is 15.0. The molecule has 0 atom stereocenters. The Morgan fingerprint density at radius 2 is 1.75 bits per heavy atom. The van der Waals surface area contributed by atoms with E-state index in [0.29, 0.717) is 5.92 Å². The molecule has 0 bridgehead atoms. The fraction of sp³-hybridized carbons (Fsp3) is 0.462. The van der Waals surface area contributed by atoms with Gasteiger partial charge >= 0.3 is 5.97 Å². The Morgan fingerprint density at radius 3 is 2.38 bits per heavy atom. The molecule has 1 N–H and O–H groups in total. The molecule has 0 radical (unpaired) electrons. The van der Waals surface area contributed by atoms with Crippen molar-refractivity contribution in [3.8, 4) is 5.69 Å². The van der Waals surface area contributed by atoms with Crippen molar-refractivity contribution in [3.63, 3.8) is 0 Å². The van der Waals surface area contributed by atoms with Crippen LogP contribution in [0.1, 0.15) is 54.5 Å². The number of aliphatic carboxylic acids is 1. The number of anilines is 1. The van der Waals surface area contributed by atoms with Gasteiger partial charge in [0, 0.05) is 46.9 Å². The number of fused-ring (bicyclic) bond motifs is 1. The van der Waals surface area contributed by atoms with E-state index in [1.165, 1.54) is 33.5 Å². The van der Waals surface area contributed by atoms with Crippen LogP contribution in [0.2, 0.25) is 0 Å². The van der Waals surface area contributed by atoms with Crippen molar-refractivity contribution in [2.24, 2.45) is 5.92 Å². The van der Waals surface area contributed by atoms with Gasteiger partial charge in [-0.15, -0.1) is 0 Å². The average molecular weight is 498 g/mol. The third-order valence-corrected chi connectivity index (χ3v) is 7.17. The van der Waals surface area contributed by atoms with Gasteiger partial charge in [0.05, 0.1) is 5.69 Å². The molecular weight excluding hydrogens is 466 g/mol. The molecule has 0 aliphatic carbocycles. The first-order chi connectivity index (χ1) is 15.2. The Balaban J connectivity index is 1.66. The van der Waals surface area contributed by atoms with Crippen LogP contribution in [0.5, 0.6) is 0 Å². The molecule has 3 heterocycles. The second-order valence-electron chi connectivity index (χ2n) is 9.27. The molecule has 0 spiro atoms. The van der Waals surface area contributed by atoms with E-state index in [0.717, 1.165) is 54.6 Å². The molecular formula is C26H32BrN3O2. The lowest BCUT2D eigenvalue weighted by Gasteiger charge is -2.34. The number of hydrogen-bond donors (Lipinski definition) is 1. The maximum atomic E-state index is 10.8. The van der Waals surface area contributed by atoms with Crippen LogP contribution in [-0.2, 0) is 4.79 Å². The quantitative estimate of drug-likeness (QED) is 0.422. The second-order valence-corrected chi connectivity index (χ2v) is 10.2. The van der Waals surface area contributed by atoms with E-state index in [1.807, 2.05) is 0 Å². The number of rotatable bonds is 6. The number of nitrogens with zero attached hydrogens (tertiary/aromatic N) is 3. The van der Waals surface area contributed by atoms with Gasteiger partial charge in [-0.25, -0.2) is 4.98 Å². The van der Waals surface area contributed by atoms with Crippen LogP contribution in [0, 0.1) is 33.6 Å². The summed E-state index contributed by atoms with van der Waals surface area (Å²) >= 11 is 3.62. The van der Waals surface area contributed by atoms with Crippen LogP contribution < -0.4 is 4.90 Å². The molecule has 6 heteroatoms. The summed E-state index contributed by atoms with van der Waals surface area (Å²) in [5, 5.41) is 10.1. The molecule has 170 valence electrons. The van der Waals surface area contributed by atoms with Crippen LogP contribution in [0.4, 0.5) is 5.69 Å². The average Bonchev–Trinajstić information content (AvgIpc) is 3.03. The van der Waals surface area contributed by atoms with E-state index in [4.69, 9.17) is 10.1 Å². The second kappa shape index (κ2) is 9.26. The molecule has 1 aliphatic heterocycles. The SMILES string of the molecule is Cc1cc(N2CCC(CCCC(=O)O)CC2)c2c(C)cn(-c3c(C)cc(Br)cc3C)c2n1. The lowest BCUT2D eigenvalue weighted by molar-refractivity contribution is -0.137. The van der Waals surface area contributed by atoms with Gasteiger partial charge in [0.25, 0.3) is 0 Å². The molecule has 32 heavy (non-hydrogen) atoms. The number of pyridine rings is 1. The molecule has 0 amide bonds. The molecule has 1 fully saturated rings. The molecule has 3 aromatic rings. The molecule has 1 aliphatic rings. The monoisotopic (exact) mass is 497 g/mol. The first kappa shape index (κ1) is 22.8. The third-order valence-electron chi connectivity index (χ3n) is 6.71. The van der Waals surface area contributed by atoms with Crippen molar-refractivity contribution < 1.29 is 9.90 Å². The van der Waals surface area contributed by atoms with Crippen LogP contribution in [0.15, 0.2) is 28.9 Å².